The van der Waals surface area contributed by atoms with E-state index in [4.69, 9.17) is 5.73 Å². The lowest BCUT2D eigenvalue weighted by Gasteiger charge is -2.30. The zero-order valence-electron chi connectivity index (χ0n) is 11.2. The summed E-state index contributed by atoms with van der Waals surface area (Å²) in [5.41, 5.74) is 7.37. The lowest BCUT2D eigenvalue weighted by molar-refractivity contribution is 0.580. The maximum atomic E-state index is 13.8. The first-order valence-corrected chi connectivity index (χ1v) is 6.25. The molecule has 2 atom stereocenters. The summed E-state index contributed by atoms with van der Waals surface area (Å²) in [6, 6.07) is 5.25. The highest BCUT2D eigenvalue weighted by atomic mass is 19.1. The van der Waals surface area contributed by atoms with Gasteiger partial charge >= 0.3 is 0 Å². The fraction of sp³-hybridized carbons (Fsp3) is 0.571. The number of hydrogen-bond acceptors (Lipinski definition) is 2. The van der Waals surface area contributed by atoms with Crippen molar-refractivity contribution in [3.05, 3.63) is 29.6 Å². The predicted octanol–water partition coefficient (Wildman–Crippen LogP) is 3.47. The van der Waals surface area contributed by atoms with E-state index in [9.17, 15) is 4.39 Å². The lowest BCUT2D eigenvalue weighted by Crippen LogP contribution is -2.30. The molecule has 0 saturated heterocycles. The van der Waals surface area contributed by atoms with Crippen LogP contribution in [0, 0.1) is 5.82 Å². The molecule has 0 aliphatic rings. The molecule has 0 aliphatic heterocycles. The first-order valence-electron chi connectivity index (χ1n) is 6.25. The zero-order chi connectivity index (χ0) is 13.0. The van der Waals surface area contributed by atoms with E-state index in [-0.39, 0.29) is 11.9 Å². The van der Waals surface area contributed by atoms with Crippen molar-refractivity contribution in [3.8, 4) is 0 Å². The first-order chi connectivity index (χ1) is 7.99. The normalized spacial score (nSPS) is 14.5. The summed E-state index contributed by atoms with van der Waals surface area (Å²) in [6.45, 7) is 6.13. The van der Waals surface area contributed by atoms with E-state index in [1.807, 2.05) is 20.0 Å². The highest BCUT2D eigenvalue weighted by Gasteiger charge is 2.18. The van der Waals surface area contributed by atoms with Crippen molar-refractivity contribution < 1.29 is 4.39 Å². The highest BCUT2D eigenvalue weighted by Crippen LogP contribution is 2.28. The molecule has 0 radical (unpaired) electrons. The molecule has 1 unspecified atom stereocenters. The first kappa shape index (κ1) is 14.0. The summed E-state index contributed by atoms with van der Waals surface area (Å²) in [4.78, 5) is 2.12. The summed E-state index contributed by atoms with van der Waals surface area (Å²) in [5, 5.41) is 0. The Morgan fingerprint density at radius 2 is 2.00 bits per heavy atom. The average Bonchev–Trinajstić information content (AvgIpc) is 2.27. The maximum Gasteiger partial charge on any atom is 0.130 e. The van der Waals surface area contributed by atoms with Crippen molar-refractivity contribution in [2.45, 2.75) is 45.7 Å². The van der Waals surface area contributed by atoms with Gasteiger partial charge in [-0.05, 0) is 32.4 Å². The molecule has 96 valence electrons. The van der Waals surface area contributed by atoms with Gasteiger partial charge in [-0.25, -0.2) is 4.39 Å². The van der Waals surface area contributed by atoms with Gasteiger partial charge in [0.25, 0.3) is 0 Å². The van der Waals surface area contributed by atoms with E-state index in [2.05, 4.69) is 18.7 Å². The molecular formula is C14H23FN2. The number of nitrogens with two attached hydrogens (primary N) is 1. The zero-order valence-corrected chi connectivity index (χ0v) is 11.2. The molecule has 17 heavy (non-hydrogen) atoms. The maximum absolute atomic E-state index is 13.8. The van der Waals surface area contributed by atoms with Crippen LogP contribution in [-0.4, -0.2) is 13.1 Å². The molecule has 1 aromatic rings. The predicted molar refractivity (Wildman–Crippen MR) is 71.8 cm³/mol. The Hall–Kier alpha value is -1.09. The summed E-state index contributed by atoms with van der Waals surface area (Å²) in [7, 11) is 2.00. The van der Waals surface area contributed by atoms with E-state index in [0.29, 0.717) is 11.6 Å². The van der Waals surface area contributed by atoms with Gasteiger partial charge in [-0.15, -0.1) is 0 Å². The second kappa shape index (κ2) is 6.01. The van der Waals surface area contributed by atoms with Crippen molar-refractivity contribution in [2.75, 3.05) is 11.9 Å². The third-order valence-electron chi connectivity index (χ3n) is 3.23. The Labute approximate surface area is 104 Å². The molecule has 3 heteroatoms. The third kappa shape index (κ3) is 3.19. The molecule has 2 nitrogen and oxygen atoms in total. The van der Waals surface area contributed by atoms with Crippen LogP contribution in [0.5, 0.6) is 0 Å². The molecule has 0 spiro atoms. The van der Waals surface area contributed by atoms with Crippen LogP contribution in [0.3, 0.4) is 0 Å². The molecule has 2 N–H and O–H groups in total. The molecule has 0 heterocycles. The molecule has 0 amide bonds. The number of benzene rings is 1. The van der Waals surface area contributed by atoms with Gasteiger partial charge < -0.3 is 10.6 Å². The van der Waals surface area contributed by atoms with Crippen LogP contribution in [0.1, 0.15) is 45.2 Å². The van der Waals surface area contributed by atoms with Crippen molar-refractivity contribution in [1.29, 1.82) is 0 Å². The van der Waals surface area contributed by atoms with Crippen LogP contribution in [0.4, 0.5) is 10.1 Å². The summed E-state index contributed by atoms with van der Waals surface area (Å²) in [5.74, 6) is -0.215. The Balaban J connectivity index is 3.08. The van der Waals surface area contributed by atoms with E-state index in [1.54, 1.807) is 6.07 Å². The van der Waals surface area contributed by atoms with Crippen molar-refractivity contribution in [3.63, 3.8) is 0 Å². The number of rotatable bonds is 5. The van der Waals surface area contributed by atoms with Crippen molar-refractivity contribution in [2.24, 2.45) is 5.73 Å². The fourth-order valence-corrected chi connectivity index (χ4v) is 2.13. The monoisotopic (exact) mass is 238 g/mol. The highest BCUT2D eigenvalue weighted by molar-refractivity contribution is 5.55. The Morgan fingerprint density at radius 3 is 2.53 bits per heavy atom. The number of anilines is 1. The lowest BCUT2D eigenvalue weighted by atomic mass is 10.0. The van der Waals surface area contributed by atoms with Crippen LogP contribution in [0.15, 0.2) is 18.2 Å². The molecule has 0 fully saturated rings. The third-order valence-corrected chi connectivity index (χ3v) is 3.23. The second-order valence-electron chi connectivity index (χ2n) is 4.71. The van der Waals surface area contributed by atoms with Crippen LogP contribution < -0.4 is 10.6 Å². The number of halogens is 1. The molecule has 0 saturated carbocycles. The van der Waals surface area contributed by atoms with Gasteiger partial charge in [0.1, 0.15) is 5.82 Å². The number of nitrogens with zero attached hydrogens (tertiary/aromatic N) is 1. The van der Waals surface area contributed by atoms with Crippen LogP contribution in [0.2, 0.25) is 0 Å². The van der Waals surface area contributed by atoms with Gasteiger partial charge in [0.15, 0.2) is 0 Å². The minimum absolute atomic E-state index is 0.215. The van der Waals surface area contributed by atoms with Gasteiger partial charge in [-0.2, -0.15) is 0 Å². The second-order valence-corrected chi connectivity index (χ2v) is 4.71. The smallest absolute Gasteiger partial charge is 0.130 e. The SMILES string of the molecule is CCCC(C)N(C)c1cccc(F)c1[C@H](C)N. The van der Waals surface area contributed by atoms with E-state index >= 15 is 0 Å². The summed E-state index contributed by atoms with van der Waals surface area (Å²) < 4.78 is 13.8. The fourth-order valence-electron chi connectivity index (χ4n) is 2.13. The van der Waals surface area contributed by atoms with Gasteiger partial charge in [-0.1, -0.05) is 19.4 Å². The van der Waals surface area contributed by atoms with E-state index in [1.165, 1.54) is 6.07 Å². The largest absolute Gasteiger partial charge is 0.372 e. The van der Waals surface area contributed by atoms with Crippen LogP contribution in [-0.2, 0) is 0 Å². The quantitative estimate of drug-likeness (QED) is 0.851. The molecule has 0 aliphatic carbocycles. The molecule has 0 bridgehead atoms. The van der Waals surface area contributed by atoms with Gasteiger partial charge in [0.05, 0.1) is 0 Å². The molecule has 0 aromatic heterocycles. The van der Waals surface area contributed by atoms with Crippen molar-refractivity contribution >= 4 is 5.69 Å². The molecule has 1 rings (SSSR count). The Bertz CT molecular complexity index is 363. The van der Waals surface area contributed by atoms with Gasteiger partial charge in [-0.3, -0.25) is 0 Å². The van der Waals surface area contributed by atoms with E-state index in [0.717, 1.165) is 18.5 Å². The molecular weight excluding hydrogens is 215 g/mol. The topological polar surface area (TPSA) is 29.3 Å². The van der Waals surface area contributed by atoms with E-state index < -0.39 is 0 Å². The Morgan fingerprint density at radius 1 is 1.35 bits per heavy atom. The minimum Gasteiger partial charge on any atom is -0.372 e. The Kier molecular flexibility index (Phi) is 4.94. The number of hydrogen-bond donors (Lipinski definition) is 1. The average molecular weight is 238 g/mol. The standard InChI is InChI=1S/C14H23FN2/c1-5-7-10(2)17(4)13-9-6-8-12(15)14(13)11(3)16/h6,8-11H,5,7,16H2,1-4H3/t10?,11-/m0/s1. The molecule has 1 aromatic carbocycles. The van der Waals surface area contributed by atoms with Crippen molar-refractivity contribution in [1.82, 2.24) is 0 Å². The summed E-state index contributed by atoms with van der Waals surface area (Å²) in [6.07, 6.45) is 2.21. The van der Waals surface area contributed by atoms with Gasteiger partial charge in [0, 0.05) is 30.4 Å². The van der Waals surface area contributed by atoms with Crippen LogP contribution >= 0.6 is 0 Å². The summed E-state index contributed by atoms with van der Waals surface area (Å²) >= 11 is 0. The van der Waals surface area contributed by atoms with Crippen LogP contribution in [0.25, 0.3) is 0 Å². The van der Waals surface area contributed by atoms with Gasteiger partial charge in [0.2, 0.25) is 0 Å². The minimum atomic E-state index is -0.289.